The number of imide groups is 1. The molecule has 2 aliphatic rings. The zero-order valence-corrected chi connectivity index (χ0v) is 16.3. The molecule has 4 amide bonds. The summed E-state index contributed by atoms with van der Waals surface area (Å²) in [6.07, 6.45) is 2.66. The van der Waals surface area contributed by atoms with Crippen LogP contribution < -0.4 is 0 Å². The Morgan fingerprint density at radius 3 is 2.48 bits per heavy atom. The molecule has 1 aromatic carbocycles. The number of nitrogens with zero attached hydrogens (tertiary/aromatic N) is 3. The van der Waals surface area contributed by atoms with E-state index in [0.717, 1.165) is 10.5 Å². The number of carbonyl (C=O) groups is 3. The van der Waals surface area contributed by atoms with Gasteiger partial charge in [-0.2, -0.15) is 0 Å². The fourth-order valence-corrected chi connectivity index (χ4v) is 3.11. The van der Waals surface area contributed by atoms with Crippen molar-refractivity contribution in [3.63, 3.8) is 0 Å². The van der Waals surface area contributed by atoms with Crippen LogP contribution in [-0.4, -0.2) is 64.0 Å². The van der Waals surface area contributed by atoms with Crippen LogP contribution in [0.4, 0.5) is 9.59 Å². The van der Waals surface area contributed by atoms with Gasteiger partial charge in [0.05, 0.1) is 6.54 Å². The van der Waals surface area contributed by atoms with E-state index in [1.807, 2.05) is 0 Å². The van der Waals surface area contributed by atoms with Gasteiger partial charge in [0.2, 0.25) is 0 Å². The highest BCUT2D eigenvalue weighted by atomic mass is 35.5. The Labute approximate surface area is 163 Å². The summed E-state index contributed by atoms with van der Waals surface area (Å²) in [4.78, 5) is 41.6. The van der Waals surface area contributed by atoms with Crippen molar-refractivity contribution >= 4 is 35.7 Å². The molecule has 0 unspecified atom stereocenters. The summed E-state index contributed by atoms with van der Waals surface area (Å²) in [5.41, 5.74) is 0.206. The molecule has 2 heterocycles. The van der Waals surface area contributed by atoms with E-state index in [0.29, 0.717) is 18.1 Å². The molecule has 27 heavy (non-hydrogen) atoms. The van der Waals surface area contributed by atoms with Crippen LogP contribution in [0.15, 0.2) is 30.5 Å². The number of halogens is 1. The Morgan fingerprint density at radius 1 is 1.19 bits per heavy atom. The highest BCUT2D eigenvalue weighted by Gasteiger charge is 2.48. The van der Waals surface area contributed by atoms with Crippen LogP contribution in [0.1, 0.15) is 26.3 Å². The lowest BCUT2D eigenvalue weighted by atomic mass is 10.2. The zero-order valence-electron chi connectivity index (χ0n) is 15.5. The molecule has 0 saturated carbocycles. The molecule has 2 aliphatic heterocycles. The third-order valence-corrected chi connectivity index (χ3v) is 4.54. The van der Waals surface area contributed by atoms with E-state index in [-0.39, 0.29) is 18.5 Å². The predicted octanol–water partition coefficient (Wildman–Crippen LogP) is 3.19. The van der Waals surface area contributed by atoms with Crippen LogP contribution in [0.5, 0.6) is 0 Å². The average molecular weight is 392 g/mol. The molecule has 0 bridgehead atoms. The Morgan fingerprint density at radius 2 is 1.85 bits per heavy atom. The van der Waals surface area contributed by atoms with Crippen molar-refractivity contribution in [3.8, 4) is 0 Å². The minimum Gasteiger partial charge on any atom is -0.444 e. The third kappa shape index (κ3) is 4.24. The second-order valence-corrected chi connectivity index (χ2v) is 7.93. The van der Waals surface area contributed by atoms with Crippen molar-refractivity contribution in [2.75, 3.05) is 19.6 Å². The van der Waals surface area contributed by atoms with Crippen LogP contribution >= 0.6 is 11.6 Å². The monoisotopic (exact) mass is 391 g/mol. The van der Waals surface area contributed by atoms with E-state index in [9.17, 15) is 14.4 Å². The van der Waals surface area contributed by atoms with E-state index in [1.165, 1.54) is 16.0 Å². The number of hydrogen-bond acceptors (Lipinski definition) is 4. The maximum Gasteiger partial charge on any atom is 0.410 e. The van der Waals surface area contributed by atoms with Gasteiger partial charge >= 0.3 is 12.1 Å². The molecule has 7 nitrogen and oxygen atoms in total. The van der Waals surface area contributed by atoms with Gasteiger partial charge in [0, 0.05) is 24.3 Å². The van der Waals surface area contributed by atoms with Crippen LogP contribution in [0.2, 0.25) is 5.02 Å². The van der Waals surface area contributed by atoms with Gasteiger partial charge < -0.3 is 14.5 Å². The molecule has 0 N–H and O–H groups in total. The maximum atomic E-state index is 12.7. The topological polar surface area (TPSA) is 70.2 Å². The second-order valence-electron chi connectivity index (χ2n) is 7.49. The fraction of sp³-hybridized carbons (Fsp3) is 0.421. The normalized spacial score (nSPS) is 20.4. The molecule has 3 rings (SSSR count). The lowest BCUT2D eigenvalue weighted by Gasteiger charge is -2.36. The van der Waals surface area contributed by atoms with Crippen molar-refractivity contribution in [2.24, 2.45) is 0 Å². The minimum absolute atomic E-state index is 0.130. The first-order valence-electron chi connectivity index (χ1n) is 8.71. The number of fused-ring (bicyclic) bond motifs is 1. The second kappa shape index (κ2) is 7.23. The van der Waals surface area contributed by atoms with E-state index in [2.05, 4.69) is 0 Å². The van der Waals surface area contributed by atoms with Crippen LogP contribution in [0.3, 0.4) is 0 Å². The quantitative estimate of drug-likeness (QED) is 0.726. The smallest absolute Gasteiger partial charge is 0.410 e. The predicted molar refractivity (Wildman–Crippen MR) is 101 cm³/mol. The van der Waals surface area contributed by atoms with Gasteiger partial charge in [-0.1, -0.05) is 23.7 Å². The van der Waals surface area contributed by atoms with E-state index < -0.39 is 17.7 Å². The Bertz CT molecular complexity index is 785. The fourth-order valence-electron chi connectivity index (χ4n) is 2.98. The highest BCUT2D eigenvalue weighted by molar-refractivity contribution is 6.30. The summed E-state index contributed by atoms with van der Waals surface area (Å²) in [5, 5.41) is 0.611. The van der Waals surface area contributed by atoms with Crippen molar-refractivity contribution in [1.29, 1.82) is 0 Å². The van der Waals surface area contributed by atoms with Gasteiger partial charge in [-0.3, -0.25) is 4.79 Å². The van der Waals surface area contributed by atoms with Crippen molar-refractivity contribution in [3.05, 3.63) is 41.1 Å². The first-order chi connectivity index (χ1) is 12.7. The average Bonchev–Trinajstić information content (AvgIpc) is 2.83. The van der Waals surface area contributed by atoms with Gasteiger partial charge in [-0.05, 0) is 44.5 Å². The minimum atomic E-state index is -0.686. The number of amides is 4. The van der Waals surface area contributed by atoms with Gasteiger partial charge in [-0.15, -0.1) is 0 Å². The first-order valence-corrected chi connectivity index (χ1v) is 9.09. The summed E-state index contributed by atoms with van der Waals surface area (Å²) in [7, 11) is 0. The largest absolute Gasteiger partial charge is 0.444 e. The molecule has 1 aromatic rings. The Kier molecular flexibility index (Phi) is 5.15. The lowest BCUT2D eigenvalue weighted by molar-refractivity contribution is -0.127. The molecular weight excluding hydrogens is 370 g/mol. The molecule has 0 aromatic heterocycles. The van der Waals surface area contributed by atoms with Gasteiger partial charge in [0.1, 0.15) is 11.6 Å². The van der Waals surface area contributed by atoms with Gasteiger partial charge in [-0.25, -0.2) is 14.5 Å². The zero-order chi connectivity index (χ0) is 19.8. The number of hydrogen-bond donors (Lipinski definition) is 0. The number of rotatable bonds is 2. The van der Waals surface area contributed by atoms with Crippen LogP contribution in [0.25, 0.3) is 6.08 Å². The van der Waals surface area contributed by atoms with Crippen molar-refractivity contribution in [2.45, 2.75) is 32.4 Å². The molecule has 0 spiro atoms. The molecular formula is C19H22ClN3O4. The molecule has 2 fully saturated rings. The summed E-state index contributed by atoms with van der Waals surface area (Å²) in [5.74, 6) is -0.349. The van der Waals surface area contributed by atoms with Crippen molar-refractivity contribution in [1.82, 2.24) is 14.7 Å². The summed E-state index contributed by atoms with van der Waals surface area (Å²) < 4.78 is 5.36. The number of carbonyl (C=O) groups excluding carboxylic acids is 3. The van der Waals surface area contributed by atoms with Crippen molar-refractivity contribution < 1.29 is 19.1 Å². The Balaban J connectivity index is 1.70. The number of ether oxygens (including phenoxy) is 1. The summed E-state index contributed by atoms with van der Waals surface area (Å²) in [6.45, 7) is 6.11. The molecule has 0 radical (unpaired) electrons. The van der Waals surface area contributed by atoms with Gasteiger partial charge in [0.25, 0.3) is 5.91 Å². The third-order valence-electron chi connectivity index (χ3n) is 4.29. The standard InChI is InChI=1S/C19H22ClN3O4/c1-19(2,3)27-18(26)21-10-11-22-15(12-21)16(24)23(17(22)25)9-8-13-4-6-14(20)7-5-13/h4-9,15H,10-12H2,1-3H3/b9-8+/t15-/m0/s1. The SMILES string of the molecule is CC(C)(C)OC(=O)N1CCN2C(=O)N(/C=C/c3ccc(Cl)cc3)C(=O)[C@@H]2C1. The number of urea groups is 1. The summed E-state index contributed by atoms with van der Waals surface area (Å²) in [6, 6.07) is 5.99. The molecule has 8 heteroatoms. The van der Waals surface area contributed by atoms with E-state index in [1.54, 1.807) is 51.1 Å². The molecule has 1 atom stereocenters. The van der Waals surface area contributed by atoms with E-state index in [4.69, 9.17) is 16.3 Å². The molecule has 0 aliphatic carbocycles. The van der Waals surface area contributed by atoms with Gasteiger partial charge in [0.15, 0.2) is 0 Å². The highest BCUT2D eigenvalue weighted by Crippen LogP contribution is 2.24. The lowest BCUT2D eigenvalue weighted by Crippen LogP contribution is -2.55. The summed E-state index contributed by atoms with van der Waals surface area (Å²) >= 11 is 5.86. The maximum absolute atomic E-state index is 12.7. The molecule has 144 valence electrons. The van der Waals surface area contributed by atoms with Crippen LogP contribution in [-0.2, 0) is 9.53 Å². The molecule has 2 saturated heterocycles. The van der Waals surface area contributed by atoms with E-state index >= 15 is 0 Å². The first kappa shape index (κ1) is 19.2. The number of benzene rings is 1. The van der Waals surface area contributed by atoms with Crippen LogP contribution in [0, 0.1) is 0 Å². The Hall–Kier alpha value is -2.54. The number of piperazine rings is 1.